The van der Waals surface area contributed by atoms with Crippen LogP contribution in [0.3, 0.4) is 0 Å². The maximum absolute atomic E-state index is 12.4. The van der Waals surface area contributed by atoms with Crippen LogP contribution in [-0.2, 0) is 0 Å². The van der Waals surface area contributed by atoms with E-state index in [1.165, 1.54) is 5.56 Å². The van der Waals surface area contributed by atoms with E-state index in [0.717, 1.165) is 38.2 Å². The number of nitrogens with one attached hydrogen (secondary N) is 1. The second-order valence-corrected chi connectivity index (χ2v) is 6.61. The Kier molecular flexibility index (Phi) is 5.58. The zero-order valence-electron chi connectivity index (χ0n) is 14.9. The van der Waals surface area contributed by atoms with Crippen LogP contribution in [0.25, 0.3) is 0 Å². The van der Waals surface area contributed by atoms with Crippen molar-refractivity contribution in [3.8, 4) is 0 Å². The average molecular weight is 339 g/mol. The third-order valence-corrected chi connectivity index (χ3v) is 4.94. The van der Waals surface area contributed by atoms with E-state index < -0.39 is 0 Å². The summed E-state index contributed by atoms with van der Waals surface area (Å²) in [4.78, 5) is 27.1. The van der Waals surface area contributed by atoms with Crippen LogP contribution in [0.15, 0.2) is 36.9 Å². The number of carbonyl (C=O) groups is 1. The molecule has 1 unspecified atom stereocenters. The van der Waals surface area contributed by atoms with E-state index in [0.29, 0.717) is 17.5 Å². The minimum absolute atomic E-state index is 0.0759. The maximum Gasteiger partial charge on any atom is 0.321 e. The molecule has 0 spiro atoms. The topological polar surface area (TPSA) is 71.0 Å². The fraction of sp³-hybridized carbons (Fsp3) is 0.474. The van der Waals surface area contributed by atoms with Crippen molar-refractivity contribution in [2.45, 2.75) is 44.9 Å². The second-order valence-electron chi connectivity index (χ2n) is 6.61. The molecule has 6 heteroatoms. The molecule has 0 bridgehead atoms. The fourth-order valence-corrected chi connectivity index (χ4v) is 3.09. The summed E-state index contributed by atoms with van der Waals surface area (Å²) in [7, 11) is 0. The normalized spacial score (nSPS) is 16.5. The molecule has 6 nitrogen and oxygen atoms in total. The van der Waals surface area contributed by atoms with Crippen molar-refractivity contribution in [1.29, 1.82) is 0 Å². The van der Waals surface area contributed by atoms with E-state index >= 15 is 0 Å². The Hall–Kier alpha value is -2.50. The fourth-order valence-electron chi connectivity index (χ4n) is 3.09. The lowest BCUT2D eigenvalue weighted by atomic mass is 9.90. The van der Waals surface area contributed by atoms with Gasteiger partial charge in [0, 0.05) is 31.4 Å². The third kappa shape index (κ3) is 4.32. The van der Waals surface area contributed by atoms with Crippen LogP contribution in [0, 0.1) is 0 Å². The number of hydrogen-bond acceptors (Lipinski definition) is 4. The average Bonchev–Trinajstić information content (AvgIpc) is 2.68. The zero-order valence-corrected chi connectivity index (χ0v) is 14.9. The highest BCUT2D eigenvalue weighted by Crippen LogP contribution is 2.27. The first-order valence-electron chi connectivity index (χ1n) is 8.95. The first kappa shape index (κ1) is 17.3. The summed E-state index contributed by atoms with van der Waals surface area (Å²) >= 11 is 0. The van der Waals surface area contributed by atoms with Gasteiger partial charge in [-0.25, -0.2) is 14.8 Å². The molecule has 2 amide bonds. The molecular formula is C19H25N5O. The van der Waals surface area contributed by atoms with Crippen LogP contribution in [0.4, 0.5) is 10.5 Å². The van der Waals surface area contributed by atoms with Crippen LogP contribution in [0.2, 0.25) is 0 Å². The second kappa shape index (κ2) is 8.05. The van der Waals surface area contributed by atoms with Gasteiger partial charge in [0.15, 0.2) is 0 Å². The number of likely N-dealkylation sites (tertiary alicyclic amines) is 1. The van der Waals surface area contributed by atoms with Gasteiger partial charge in [-0.3, -0.25) is 4.98 Å². The Balaban J connectivity index is 1.53. The summed E-state index contributed by atoms with van der Waals surface area (Å²) in [6.45, 7) is 5.72. The van der Waals surface area contributed by atoms with Crippen molar-refractivity contribution in [3.63, 3.8) is 0 Å². The number of amides is 2. The number of carbonyl (C=O) groups excluding carboxylic acids is 1. The Morgan fingerprint density at radius 3 is 2.48 bits per heavy atom. The molecule has 1 saturated heterocycles. The van der Waals surface area contributed by atoms with Crippen molar-refractivity contribution in [3.05, 3.63) is 48.3 Å². The van der Waals surface area contributed by atoms with Gasteiger partial charge in [0.2, 0.25) is 0 Å². The number of rotatable bonds is 4. The molecule has 0 aromatic carbocycles. The molecule has 25 heavy (non-hydrogen) atoms. The van der Waals surface area contributed by atoms with Gasteiger partial charge in [0.25, 0.3) is 0 Å². The maximum atomic E-state index is 12.4. The highest BCUT2D eigenvalue weighted by Gasteiger charge is 2.24. The van der Waals surface area contributed by atoms with Crippen molar-refractivity contribution in [2.75, 3.05) is 18.4 Å². The molecule has 1 atom stereocenters. The van der Waals surface area contributed by atoms with Crippen molar-refractivity contribution >= 4 is 11.7 Å². The van der Waals surface area contributed by atoms with E-state index in [1.54, 1.807) is 12.4 Å². The Morgan fingerprint density at radius 2 is 1.88 bits per heavy atom. The monoisotopic (exact) mass is 339 g/mol. The summed E-state index contributed by atoms with van der Waals surface area (Å²) in [5.41, 5.74) is 1.96. The van der Waals surface area contributed by atoms with Gasteiger partial charge in [0.05, 0.1) is 18.1 Å². The van der Waals surface area contributed by atoms with Gasteiger partial charge >= 0.3 is 6.03 Å². The summed E-state index contributed by atoms with van der Waals surface area (Å²) in [5, 5.41) is 2.90. The molecule has 2 aromatic rings. The molecule has 132 valence electrons. The smallest absolute Gasteiger partial charge is 0.321 e. The quantitative estimate of drug-likeness (QED) is 0.920. The number of nitrogens with zero attached hydrogens (tertiary/aromatic N) is 4. The lowest BCUT2D eigenvalue weighted by Crippen LogP contribution is -2.40. The van der Waals surface area contributed by atoms with Gasteiger partial charge in [-0.05, 0) is 42.9 Å². The van der Waals surface area contributed by atoms with E-state index in [2.05, 4.69) is 46.2 Å². The molecule has 0 radical (unpaired) electrons. The Morgan fingerprint density at radius 1 is 1.24 bits per heavy atom. The molecule has 1 fully saturated rings. The van der Waals surface area contributed by atoms with Gasteiger partial charge < -0.3 is 10.2 Å². The molecule has 3 rings (SSSR count). The highest BCUT2D eigenvalue weighted by atomic mass is 16.2. The predicted octanol–water partition coefficient (Wildman–Crippen LogP) is 3.80. The van der Waals surface area contributed by atoms with Gasteiger partial charge in [-0.2, -0.15) is 0 Å². The number of anilines is 1. The number of hydrogen-bond donors (Lipinski definition) is 1. The van der Waals surface area contributed by atoms with E-state index in [1.807, 2.05) is 17.3 Å². The lowest BCUT2D eigenvalue weighted by molar-refractivity contribution is 0.194. The predicted molar refractivity (Wildman–Crippen MR) is 97.5 cm³/mol. The summed E-state index contributed by atoms with van der Waals surface area (Å²) in [6.07, 6.45) is 9.99. The molecule has 1 N–H and O–H groups in total. The largest absolute Gasteiger partial charge is 0.324 e. The molecular weight excluding hydrogens is 314 g/mol. The van der Waals surface area contributed by atoms with Crippen molar-refractivity contribution in [2.24, 2.45) is 0 Å². The molecule has 3 heterocycles. The Bertz CT molecular complexity index is 681. The minimum Gasteiger partial charge on any atom is -0.324 e. The number of pyridine rings is 1. The molecule has 0 saturated carbocycles. The summed E-state index contributed by atoms with van der Waals surface area (Å²) in [6, 6.07) is 4.06. The minimum atomic E-state index is -0.0759. The standard InChI is InChI=1S/C19H25N5O/c1-3-14(2)18-21-12-17(13-22-18)23-19(25)24-10-6-16(7-11-24)15-4-8-20-9-5-15/h4-5,8-9,12-14,16H,3,6-7,10-11H2,1-2H3,(H,23,25). The van der Waals surface area contributed by atoms with E-state index in [9.17, 15) is 4.79 Å². The number of piperidine rings is 1. The lowest BCUT2D eigenvalue weighted by Gasteiger charge is -2.32. The molecule has 1 aliphatic heterocycles. The SMILES string of the molecule is CCC(C)c1ncc(NC(=O)N2CCC(c3ccncc3)CC2)cn1. The van der Waals surface area contributed by atoms with Gasteiger partial charge in [0.1, 0.15) is 5.82 Å². The number of aromatic nitrogens is 3. The zero-order chi connectivity index (χ0) is 17.6. The van der Waals surface area contributed by atoms with Crippen molar-refractivity contribution in [1.82, 2.24) is 19.9 Å². The van der Waals surface area contributed by atoms with Crippen molar-refractivity contribution < 1.29 is 4.79 Å². The van der Waals surface area contributed by atoms with E-state index in [-0.39, 0.29) is 6.03 Å². The van der Waals surface area contributed by atoms with Gasteiger partial charge in [-0.1, -0.05) is 13.8 Å². The van der Waals surface area contributed by atoms with Gasteiger partial charge in [-0.15, -0.1) is 0 Å². The number of urea groups is 1. The van der Waals surface area contributed by atoms with Crippen LogP contribution >= 0.6 is 0 Å². The Labute approximate surface area is 148 Å². The van der Waals surface area contributed by atoms with Crippen LogP contribution in [-0.4, -0.2) is 39.0 Å². The van der Waals surface area contributed by atoms with Crippen LogP contribution in [0.1, 0.15) is 56.3 Å². The van der Waals surface area contributed by atoms with Crippen LogP contribution < -0.4 is 5.32 Å². The third-order valence-electron chi connectivity index (χ3n) is 4.94. The summed E-state index contributed by atoms with van der Waals surface area (Å²) < 4.78 is 0. The molecule has 1 aliphatic rings. The molecule has 0 aliphatic carbocycles. The molecule has 2 aromatic heterocycles. The van der Waals surface area contributed by atoms with E-state index in [4.69, 9.17) is 0 Å². The first-order chi connectivity index (χ1) is 12.2. The first-order valence-corrected chi connectivity index (χ1v) is 8.95. The highest BCUT2D eigenvalue weighted by molar-refractivity contribution is 5.89. The van der Waals surface area contributed by atoms with Crippen LogP contribution in [0.5, 0.6) is 0 Å². The summed E-state index contributed by atoms with van der Waals surface area (Å²) in [5.74, 6) is 1.65.